The monoisotopic (exact) mass is 405 g/mol. The first-order chi connectivity index (χ1) is 14.8. The zero-order valence-electron chi connectivity index (χ0n) is 17.1. The van der Waals surface area contributed by atoms with Gasteiger partial charge in [-0.2, -0.15) is 0 Å². The van der Waals surface area contributed by atoms with Gasteiger partial charge in [-0.15, -0.1) is 0 Å². The second-order valence-electron chi connectivity index (χ2n) is 8.08. The Balaban J connectivity index is 1.37. The number of piperidine rings is 1. The molecule has 0 spiro atoms. The van der Waals surface area contributed by atoms with Crippen LogP contribution in [0, 0.1) is 0 Å². The number of morpholine rings is 1. The number of likely N-dealkylation sites (tertiary alicyclic amines) is 1. The number of amides is 1. The van der Waals surface area contributed by atoms with Gasteiger partial charge in [-0.05, 0) is 37.5 Å². The molecule has 156 valence electrons. The predicted molar refractivity (Wildman–Crippen MR) is 115 cm³/mol. The van der Waals surface area contributed by atoms with Crippen molar-refractivity contribution in [2.75, 3.05) is 39.4 Å². The lowest BCUT2D eigenvalue weighted by molar-refractivity contribution is 0.0166. The van der Waals surface area contributed by atoms with Gasteiger partial charge in [0.1, 0.15) is 11.8 Å². The maximum absolute atomic E-state index is 13.4. The van der Waals surface area contributed by atoms with Crippen LogP contribution >= 0.6 is 0 Å². The van der Waals surface area contributed by atoms with E-state index in [1.165, 1.54) is 6.42 Å². The molecule has 0 radical (unpaired) electrons. The lowest BCUT2D eigenvalue weighted by Gasteiger charge is -2.39. The standard InChI is InChI=1S/C23H27N5O2/c29-23(27-9-5-4-8-20(27)16-26-10-12-30-13-11-26)18-14-21-22(24-15-18)28(17-25-21)19-6-2-1-3-7-19/h1-3,6-7,14-15,17,20H,4-5,8-13,16H2. The molecule has 2 aliphatic heterocycles. The summed E-state index contributed by atoms with van der Waals surface area (Å²) in [5.74, 6) is 0.0663. The number of carbonyl (C=O) groups excluding carboxylic acids is 1. The van der Waals surface area contributed by atoms with Crippen molar-refractivity contribution < 1.29 is 9.53 Å². The van der Waals surface area contributed by atoms with Crippen LogP contribution in [0.2, 0.25) is 0 Å². The summed E-state index contributed by atoms with van der Waals surface area (Å²) in [5.41, 5.74) is 3.13. The molecule has 0 aliphatic carbocycles. The van der Waals surface area contributed by atoms with E-state index in [1.807, 2.05) is 41.0 Å². The number of fused-ring (bicyclic) bond motifs is 1. The Kier molecular flexibility index (Phi) is 5.46. The number of pyridine rings is 1. The molecule has 2 aromatic heterocycles. The summed E-state index contributed by atoms with van der Waals surface area (Å²) in [6.07, 6.45) is 6.76. The minimum atomic E-state index is 0.0663. The molecule has 0 saturated carbocycles. The predicted octanol–water partition coefficient (Wildman–Crippen LogP) is 2.75. The number of aromatic nitrogens is 3. The molecular formula is C23H27N5O2. The van der Waals surface area contributed by atoms with Gasteiger partial charge < -0.3 is 9.64 Å². The van der Waals surface area contributed by atoms with Crippen LogP contribution in [0.4, 0.5) is 0 Å². The van der Waals surface area contributed by atoms with Crippen molar-refractivity contribution in [3.63, 3.8) is 0 Å². The molecule has 1 unspecified atom stereocenters. The van der Waals surface area contributed by atoms with E-state index in [-0.39, 0.29) is 11.9 Å². The maximum Gasteiger partial charge on any atom is 0.255 e. The minimum absolute atomic E-state index is 0.0663. The van der Waals surface area contributed by atoms with Crippen LogP contribution in [0.15, 0.2) is 48.9 Å². The Morgan fingerprint density at radius 3 is 2.73 bits per heavy atom. The van der Waals surface area contributed by atoms with Gasteiger partial charge in [-0.1, -0.05) is 18.2 Å². The van der Waals surface area contributed by atoms with Gasteiger partial charge in [0.25, 0.3) is 5.91 Å². The molecule has 0 N–H and O–H groups in total. The molecule has 30 heavy (non-hydrogen) atoms. The van der Waals surface area contributed by atoms with E-state index < -0.39 is 0 Å². The van der Waals surface area contributed by atoms with Crippen LogP contribution in [0.25, 0.3) is 16.9 Å². The van der Waals surface area contributed by atoms with E-state index >= 15 is 0 Å². The molecule has 0 bridgehead atoms. The Morgan fingerprint density at radius 2 is 1.90 bits per heavy atom. The smallest absolute Gasteiger partial charge is 0.255 e. The summed E-state index contributed by atoms with van der Waals surface area (Å²) in [6.45, 7) is 5.19. The number of nitrogens with zero attached hydrogens (tertiary/aromatic N) is 5. The van der Waals surface area contributed by atoms with Crippen LogP contribution in [-0.2, 0) is 4.74 Å². The summed E-state index contributed by atoms with van der Waals surface area (Å²) in [6, 6.07) is 12.1. The molecular weight excluding hydrogens is 378 g/mol. The molecule has 3 aromatic rings. The van der Waals surface area contributed by atoms with Crippen molar-refractivity contribution in [1.29, 1.82) is 0 Å². The molecule has 2 aliphatic rings. The fraction of sp³-hybridized carbons (Fsp3) is 0.435. The third-order valence-electron chi connectivity index (χ3n) is 6.13. The van der Waals surface area contributed by atoms with Crippen LogP contribution < -0.4 is 0 Å². The van der Waals surface area contributed by atoms with Crippen molar-refractivity contribution in [2.45, 2.75) is 25.3 Å². The topological polar surface area (TPSA) is 63.5 Å². The average molecular weight is 406 g/mol. The van der Waals surface area contributed by atoms with Gasteiger partial charge in [0.05, 0.1) is 18.8 Å². The zero-order chi connectivity index (χ0) is 20.3. The van der Waals surface area contributed by atoms with E-state index in [0.29, 0.717) is 5.56 Å². The quantitative estimate of drug-likeness (QED) is 0.668. The third kappa shape index (κ3) is 3.82. The van der Waals surface area contributed by atoms with Crippen LogP contribution in [-0.4, -0.2) is 75.7 Å². The lowest BCUT2D eigenvalue weighted by atomic mass is 10.00. The molecule has 1 aromatic carbocycles. The highest BCUT2D eigenvalue weighted by Gasteiger charge is 2.30. The number of ether oxygens (including phenoxy) is 1. The number of hydrogen-bond acceptors (Lipinski definition) is 5. The number of rotatable bonds is 4. The highest BCUT2D eigenvalue weighted by Crippen LogP contribution is 2.23. The van der Waals surface area contributed by atoms with Crippen molar-refractivity contribution in [3.05, 3.63) is 54.5 Å². The SMILES string of the molecule is O=C(c1cnc2c(c1)ncn2-c1ccccc1)N1CCCCC1CN1CCOCC1. The van der Waals surface area contributed by atoms with E-state index in [2.05, 4.69) is 19.8 Å². The van der Waals surface area contributed by atoms with E-state index in [9.17, 15) is 4.79 Å². The molecule has 7 nitrogen and oxygen atoms in total. The summed E-state index contributed by atoms with van der Waals surface area (Å²) in [5, 5.41) is 0. The number of carbonyl (C=O) groups is 1. The number of hydrogen-bond donors (Lipinski definition) is 0. The summed E-state index contributed by atoms with van der Waals surface area (Å²) >= 11 is 0. The normalized spacial score (nSPS) is 20.5. The highest BCUT2D eigenvalue weighted by molar-refractivity contribution is 5.96. The zero-order valence-corrected chi connectivity index (χ0v) is 17.1. The second kappa shape index (κ2) is 8.53. The van der Waals surface area contributed by atoms with E-state index in [1.54, 1.807) is 12.5 Å². The van der Waals surface area contributed by atoms with Crippen LogP contribution in [0.1, 0.15) is 29.6 Å². The van der Waals surface area contributed by atoms with Gasteiger partial charge in [0.15, 0.2) is 5.65 Å². The fourth-order valence-electron chi connectivity index (χ4n) is 4.50. The van der Waals surface area contributed by atoms with Gasteiger partial charge in [0.2, 0.25) is 0 Å². The first kappa shape index (κ1) is 19.2. The summed E-state index contributed by atoms with van der Waals surface area (Å²) in [4.78, 5) is 27.0. The fourth-order valence-corrected chi connectivity index (χ4v) is 4.50. The summed E-state index contributed by atoms with van der Waals surface area (Å²) in [7, 11) is 0. The van der Waals surface area contributed by atoms with E-state index in [4.69, 9.17) is 4.74 Å². The van der Waals surface area contributed by atoms with Gasteiger partial charge in [-0.3, -0.25) is 14.3 Å². The first-order valence-corrected chi connectivity index (χ1v) is 10.8. The average Bonchev–Trinajstić information content (AvgIpc) is 3.24. The minimum Gasteiger partial charge on any atom is -0.379 e. The number of benzene rings is 1. The van der Waals surface area contributed by atoms with Crippen molar-refractivity contribution in [3.8, 4) is 5.69 Å². The van der Waals surface area contributed by atoms with Crippen LogP contribution in [0.3, 0.4) is 0 Å². The maximum atomic E-state index is 13.4. The van der Waals surface area contributed by atoms with Crippen LogP contribution in [0.5, 0.6) is 0 Å². The first-order valence-electron chi connectivity index (χ1n) is 10.8. The third-order valence-corrected chi connectivity index (χ3v) is 6.13. The summed E-state index contributed by atoms with van der Waals surface area (Å²) < 4.78 is 7.42. The molecule has 2 saturated heterocycles. The highest BCUT2D eigenvalue weighted by atomic mass is 16.5. The largest absolute Gasteiger partial charge is 0.379 e. The van der Waals surface area contributed by atoms with Gasteiger partial charge in [-0.25, -0.2) is 9.97 Å². The van der Waals surface area contributed by atoms with E-state index in [0.717, 1.165) is 69.1 Å². The number of para-hydroxylation sites is 1. The molecule has 1 atom stereocenters. The second-order valence-corrected chi connectivity index (χ2v) is 8.08. The molecule has 4 heterocycles. The van der Waals surface area contributed by atoms with Crippen molar-refractivity contribution in [2.24, 2.45) is 0 Å². The Bertz CT molecular complexity index is 1010. The molecule has 7 heteroatoms. The Labute approximate surface area is 176 Å². The molecule has 1 amide bonds. The molecule has 2 fully saturated rings. The molecule has 5 rings (SSSR count). The number of imidazole rings is 1. The lowest BCUT2D eigenvalue weighted by Crippen LogP contribution is -2.51. The van der Waals surface area contributed by atoms with Crippen molar-refractivity contribution >= 4 is 17.1 Å². The van der Waals surface area contributed by atoms with Gasteiger partial charge >= 0.3 is 0 Å². The van der Waals surface area contributed by atoms with Gasteiger partial charge in [0, 0.05) is 44.1 Å². The Hall–Kier alpha value is -2.77. The Morgan fingerprint density at radius 1 is 1.07 bits per heavy atom. The van der Waals surface area contributed by atoms with Crippen molar-refractivity contribution in [1.82, 2.24) is 24.3 Å².